The Bertz CT molecular complexity index is 1030. The van der Waals surface area contributed by atoms with Crippen LogP contribution in [-0.4, -0.2) is 29.9 Å². The SMILES string of the molecule is Cc1cc(CNC(=O)N2CCNC(=O)C2c2ccccc2)ccc1-c1ccccc1. The molecule has 2 N–H and O–H groups in total. The van der Waals surface area contributed by atoms with Gasteiger partial charge in [0.25, 0.3) is 0 Å². The molecule has 1 fully saturated rings. The quantitative estimate of drug-likeness (QED) is 0.695. The van der Waals surface area contributed by atoms with Gasteiger partial charge in [-0.1, -0.05) is 78.9 Å². The average molecular weight is 399 g/mol. The van der Waals surface area contributed by atoms with Crippen LogP contribution in [-0.2, 0) is 11.3 Å². The van der Waals surface area contributed by atoms with Crippen molar-refractivity contribution in [1.29, 1.82) is 0 Å². The molecule has 1 aliphatic heterocycles. The van der Waals surface area contributed by atoms with Gasteiger partial charge in [-0.2, -0.15) is 0 Å². The standard InChI is InChI=1S/C25H25N3O2/c1-18-16-19(12-13-22(18)20-8-4-2-5-9-20)17-27-25(30)28-15-14-26-24(29)23(28)21-10-6-3-7-11-21/h2-13,16,23H,14-15,17H2,1H3,(H,26,29)(H,27,30). The lowest BCUT2D eigenvalue weighted by Gasteiger charge is -2.35. The van der Waals surface area contributed by atoms with Gasteiger partial charge in [-0.15, -0.1) is 0 Å². The molecule has 30 heavy (non-hydrogen) atoms. The summed E-state index contributed by atoms with van der Waals surface area (Å²) in [5.74, 6) is -0.148. The number of nitrogens with zero attached hydrogens (tertiary/aromatic N) is 1. The summed E-state index contributed by atoms with van der Waals surface area (Å²) in [6.07, 6.45) is 0. The number of benzene rings is 3. The fourth-order valence-electron chi connectivity index (χ4n) is 3.91. The molecule has 3 aromatic carbocycles. The van der Waals surface area contributed by atoms with Crippen LogP contribution in [0.25, 0.3) is 11.1 Å². The summed E-state index contributed by atoms with van der Waals surface area (Å²) in [7, 11) is 0. The third-order valence-electron chi connectivity index (χ3n) is 5.41. The highest BCUT2D eigenvalue weighted by Crippen LogP contribution is 2.25. The summed E-state index contributed by atoms with van der Waals surface area (Å²) in [5, 5.41) is 5.84. The van der Waals surface area contributed by atoms with Crippen LogP contribution < -0.4 is 10.6 Å². The topological polar surface area (TPSA) is 61.4 Å². The van der Waals surface area contributed by atoms with Crippen LogP contribution in [0, 0.1) is 6.92 Å². The first-order valence-electron chi connectivity index (χ1n) is 10.2. The van der Waals surface area contributed by atoms with Gasteiger partial charge >= 0.3 is 6.03 Å². The maximum absolute atomic E-state index is 12.9. The molecule has 0 spiro atoms. The number of carbonyl (C=O) groups is 2. The van der Waals surface area contributed by atoms with Gasteiger partial charge in [0.05, 0.1) is 0 Å². The molecule has 0 saturated carbocycles. The molecule has 0 radical (unpaired) electrons. The number of nitrogens with one attached hydrogen (secondary N) is 2. The Labute approximate surface area is 176 Å². The van der Waals surface area contributed by atoms with Crippen molar-refractivity contribution in [3.8, 4) is 11.1 Å². The Morgan fingerprint density at radius 2 is 1.73 bits per heavy atom. The van der Waals surface area contributed by atoms with E-state index in [0.717, 1.165) is 16.7 Å². The molecule has 1 saturated heterocycles. The zero-order valence-electron chi connectivity index (χ0n) is 17.0. The van der Waals surface area contributed by atoms with E-state index in [4.69, 9.17) is 0 Å². The van der Waals surface area contributed by atoms with Crippen LogP contribution in [0.2, 0.25) is 0 Å². The Morgan fingerprint density at radius 1 is 1.03 bits per heavy atom. The molecule has 1 heterocycles. The monoisotopic (exact) mass is 399 g/mol. The van der Waals surface area contributed by atoms with E-state index in [1.807, 2.05) is 54.6 Å². The van der Waals surface area contributed by atoms with Crippen molar-refractivity contribution < 1.29 is 9.59 Å². The van der Waals surface area contributed by atoms with Crippen molar-refractivity contribution >= 4 is 11.9 Å². The predicted octanol–water partition coefficient (Wildman–Crippen LogP) is 4.04. The number of rotatable bonds is 4. The Kier molecular flexibility index (Phi) is 5.80. The molecular weight excluding hydrogens is 374 g/mol. The van der Waals surface area contributed by atoms with E-state index in [9.17, 15) is 9.59 Å². The van der Waals surface area contributed by atoms with Gasteiger partial charge < -0.3 is 15.5 Å². The summed E-state index contributed by atoms with van der Waals surface area (Å²) in [6, 6.07) is 25.0. The number of hydrogen-bond donors (Lipinski definition) is 2. The van der Waals surface area contributed by atoms with E-state index < -0.39 is 6.04 Å². The molecule has 1 atom stereocenters. The molecule has 5 heteroatoms. The first kappa shape index (κ1) is 19.7. The lowest BCUT2D eigenvalue weighted by molar-refractivity contribution is -0.127. The highest BCUT2D eigenvalue weighted by molar-refractivity contribution is 5.89. The van der Waals surface area contributed by atoms with E-state index in [1.165, 1.54) is 11.1 Å². The number of piperazine rings is 1. The zero-order valence-corrected chi connectivity index (χ0v) is 17.0. The highest BCUT2D eigenvalue weighted by atomic mass is 16.2. The lowest BCUT2D eigenvalue weighted by atomic mass is 9.98. The first-order chi connectivity index (χ1) is 14.6. The molecule has 152 valence electrons. The normalized spacial score (nSPS) is 16.1. The van der Waals surface area contributed by atoms with Gasteiger partial charge in [-0.3, -0.25) is 4.79 Å². The molecular formula is C25H25N3O2. The first-order valence-corrected chi connectivity index (χ1v) is 10.2. The molecule has 4 rings (SSSR count). The number of hydrogen-bond acceptors (Lipinski definition) is 2. The van der Waals surface area contributed by atoms with Crippen LogP contribution in [0.1, 0.15) is 22.7 Å². The average Bonchev–Trinajstić information content (AvgIpc) is 2.78. The fourth-order valence-corrected chi connectivity index (χ4v) is 3.91. The minimum atomic E-state index is -0.609. The molecule has 5 nitrogen and oxygen atoms in total. The second-order valence-electron chi connectivity index (χ2n) is 7.47. The summed E-state index contributed by atoms with van der Waals surface area (Å²) >= 11 is 0. The van der Waals surface area contributed by atoms with Crippen molar-refractivity contribution in [2.45, 2.75) is 19.5 Å². The molecule has 1 aliphatic rings. The van der Waals surface area contributed by atoms with Crippen molar-refractivity contribution in [2.75, 3.05) is 13.1 Å². The lowest BCUT2D eigenvalue weighted by Crippen LogP contribution is -2.54. The van der Waals surface area contributed by atoms with Gasteiger partial charge in [0, 0.05) is 19.6 Å². The highest BCUT2D eigenvalue weighted by Gasteiger charge is 2.34. The summed E-state index contributed by atoms with van der Waals surface area (Å²) in [6.45, 7) is 3.42. The van der Waals surface area contributed by atoms with Crippen LogP contribution in [0.3, 0.4) is 0 Å². The number of carbonyl (C=O) groups excluding carboxylic acids is 2. The number of aryl methyl sites for hydroxylation is 1. The van der Waals surface area contributed by atoms with E-state index >= 15 is 0 Å². The van der Waals surface area contributed by atoms with Crippen molar-refractivity contribution in [3.63, 3.8) is 0 Å². The molecule has 0 bridgehead atoms. The molecule has 3 aromatic rings. The minimum Gasteiger partial charge on any atom is -0.352 e. The van der Waals surface area contributed by atoms with E-state index in [1.54, 1.807) is 4.90 Å². The largest absolute Gasteiger partial charge is 0.352 e. The van der Waals surface area contributed by atoms with Gasteiger partial charge in [-0.05, 0) is 34.7 Å². The van der Waals surface area contributed by atoms with Crippen LogP contribution >= 0.6 is 0 Å². The molecule has 3 amide bonds. The van der Waals surface area contributed by atoms with Crippen molar-refractivity contribution in [2.24, 2.45) is 0 Å². The predicted molar refractivity (Wildman–Crippen MR) is 118 cm³/mol. The second-order valence-corrected chi connectivity index (χ2v) is 7.47. The summed E-state index contributed by atoms with van der Waals surface area (Å²) < 4.78 is 0. The summed E-state index contributed by atoms with van der Waals surface area (Å²) in [5.41, 5.74) is 5.36. The number of urea groups is 1. The van der Waals surface area contributed by atoms with Crippen LogP contribution in [0.15, 0.2) is 78.9 Å². The van der Waals surface area contributed by atoms with E-state index in [-0.39, 0.29) is 11.9 Å². The Morgan fingerprint density at radius 3 is 2.43 bits per heavy atom. The van der Waals surface area contributed by atoms with Crippen LogP contribution in [0.5, 0.6) is 0 Å². The van der Waals surface area contributed by atoms with Crippen LogP contribution in [0.4, 0.5) is 4.79 Å². The van der Waals surface area contributed by atoms with Gasteiger partial charge in [0.15, 0.2) is 0 Å². The maximum atomic E-state index is 12.9. The van der Waals surface area contributed by atoms with Crippen molar-refractivity contribution in [3.05, 3.63) is 95.6 Å². The van der Waals surface area contributed by atoms with E-state index in [2.05, 4.69) is 41.8 Å². The Balaban J connectivity index is 1.46. The maximum Gasteiger partial charge on any atom is 0.318 e. The molecule has 0 aliphatic carbocycles. The minimum absolute atomic E-state index is 0.148. The number of amides is 3. The van der Waals surface area contributed by atoms with E-state index in [0.29, 0.717) is 19.6 Å². The third-order valence-corrected chi connectivity index (χ3v) is 5.41. The third kappa shape index (κ3) is 4.20. The fraction of sp³-hybridized carbons (Fsp3) is 0.200. The Hall–Kier alpha value is -3.60. The summed E-state index contributed by atoms with van der Waals surface area (Å²) in [4.78, 5) is 27.0. The van der Waals surface area contributed by atoms with Gasteiger partial charge in [0.1, 0.15) is 6.04 Å². The molecule has 1 unspecified atom stereocenters. The zero-order chi connectivity index (χ0) is 20.9. The van der Waals surface area contributed by atoms with Gasteiger partial charge in [0.2, 0.25) is 5.91 Å². The second kappa shape index (κ2) is 8.82. The smallest absolute Gasteiger partial charge is 0.318 e. The van der Waals surface area contributed by atoms with Gasteiger partial charge in [-0.25, -0.2) is 4.79 Å². The van der Waals surface area contributed by atoms with Crippen molar-refractivity contribution in [1.82, 2.24) is 15.5 Å². The molecule has 0 aromatic heterocycles.